The van der Waals surface area contributed by atoms with Gasteiger partial charge >= 0.3 is 0 Å². The lowest BCUT2D eigenvalue weighted by Gasteiger charge is -2.26. The Morgan fingerprint density at radius 2 is 1.96 bits per heavy atom. The first kappa shape index (κ1) is 16.5. The Bertz CT molecular complexity index is 1140. The van der Waals surface area contributed by atoms with E-state index in [2.05, 4.69) is 19.9 Å². The van der Waals surface area contributed by atoms with Gasteiger partial charge in [0, 0.05) is 17.6 Å². The van der Waals surface area contributed by atoms with Crippen LogP contribution in [0.2, 0.25) is 5.02 Å². The van der Waals surface area contributed by atoms with Gasteiger partial charge in [0.15, 0.2) is 5.65 Å². The van der Waals surface area contributed by atoms with Crippen LogP contribution in [0, 0.1) is 0 Å². The predicted octanol–water partition coefficient (Wildman–Crippen LogP) is 3.05. The second-order valence-corrected chi connectivity index (χ2v) is 7.41. The summed E-state index contributed by atoms with van der Waals surface area (Å²) >= 11 is 6.64. The molecule has 0 aromatic carbocycles. The van der Waals surface area contributed by atoms with E-state index >= 15 is 0 Å². The largest absolute Gasteiger partial charge is 0.383 e. The summed E-state index contributed by atoms with van der Waals surface area (Å²) in [6.45, 7) is 0. The molecule has 0 amide bonds. The number of halogens is 1. The van der Waals surface area contributed by atoms with Crippen LogP contribution >= 0.6 is 11.6 Å². The zero-order valence-corrected chi connectivity index (χ0v) is 15.3. The molecular weight excluding hydrogens is 364 g/mol. The van der Waals surface area contributed by atoms with E-state index in [1.807, 2.05) is 16.8 Å². The fourth-order valence-corrected chi connectivity index (χ4v) is 4.21. The predicted molar refractivity (Wildman–Crippen MR) is 105 cm³/mol. The minimum Gasteiger partial charge on any atom is -0.383 e. The van der Waals surface area contributed by atoms with Crippen molar-refractivity contribution in [2.24, 2.45) is 5.73 Å². The van der Waals surface area contributed by atoms with Crippen molar-refractivity contribution in [3.05, 3.63) is 29.7 Å². The highest BCUT2D eigenvalue weighted by Gasteiger charge is 2.27. The third-order valence-corrected chi connectivity index (χ3v) is 5.74. The molecule has 5 rings (SSSR count). The topological polar surface area (TPSA) is 124 Å². The van der Waals surface area contributed by atoms with Crippen molar-refractivity contribution in [1.29, 1.82) is 0 Å². The molecule has 1 fully saturated rings. The molecule has 9 heteroatoms. The molecule has 0 aliphatic heterocycles. The third kappa shape index (κ3) is 2.55. The first-order valence-corrected chi connectivity index (χ1v) is 9.38. The standard InChI is InChI=1S/C18H19ClN8/c19-13-11-2-1-7-22-17(11)25-15(13)14-12-16(21)23-8-24-18(12)27(26-14)10-5-3-9(20)4-6-10/h1-2,7-10H,3-6,20H2,(H,22,25)(H2,21,23,24)/t9-,10+. The smallest absolute Gasteiger partial charge is 0.164 e. The SMILES string of the molecule is Nc1ncnc2c1c(-c1[nH]c3ncccc3c1Cl)nn2[C@H]1CC[C@@H](N)CC1. The molecule has 4 aromatic rings. The summed E-state index contributed by atoms with van der Waals surface area (Å²) in [5.74, 6) is 0.386. The zero-order chi connectivity index (χ0) is 18.5. The van der Waals surface area contributed by atoms with Crippen LogP contribution < -0.4 is 11.5 Å². The van der Waals surface area contributed by atoms with E-state index in [4.69, 9.17) is 28.2 Å². The van der Waals surface area contributed by atoms with Crippen molar-refractivity contribution in [2.75, 3.05) is 5.73 Å². The molecular formula is C18H19ClN8. The molecule has 4 aromatic heterocycles. The normalized spacial score (nSPS) is 20.5. The van der Waals surface area contributed by atoms with Crippen LogP contribution in [0.3, 0.4) is 0 Å². The van der Waals surface area contributed by atoms with Crippen LogP contribution in [0.4, 0.5) is 5.82 Å². The van der Waals surface area contributed by atoms with Gasteiger partial charge < -0.3 is 16.5 Å². The molecule has 8 nitrogen and oxygen atoms in total. The van der Waals surface area contributed by atoms with Gasteiger partial charge in [0.2, 0.25) is 0 Å². The van der Waals surface area contributed by atoms with Crippen LogP contribution in [0.15, 0.2) is 24.7 Å². The average molecular weight is 383 g/mol. The summed E-state index contributed by atoms with van der Waals surface area (Å²) in [5, 5.41) is 7.00. The Morgan fingerprint density at radius 3 is 2.74 bits per heavy atom. The van der Waals surface area contributed by atoms with Gasteiger partial charge in [-0.1, -0.05) is 11.6 Å². The van der Waals surface area contributed by atoms with Crippen LogP contribution in [-0.4, -0.2) is 35.8 Å². The van der Waals surface area contributed by atoms with Crippen LogP contribution in [0.1, 0.15) is 31.7 Å². The van der Waals surface area contributed by atoms with Crippen molar-refractivity contribution >= 4 is 39.5 Å². The summed E-state index contributed by atoms with van der Waals surface area (Å²) < 4.78 is 1.96. The van der Waals surface area contributed by atoms with E-state index in [1.54, 1.807) is 6.20 Å². The summed E-state index contributed by atoms with van der Waals surface area (Å²) in [6, 6.07) is 4.27. The molecule has 5 N–H and O–H groups in total. The number of aromatic nitrogens is 6. The number of H-pyrrole nitrogens is 1. The van der Waals surface area contributed by atoms with Crippen molar-refractivity contribution < 1.29 is 0 Å². The molecule has 0 spiro atoms. The highest BCUT2D eigenvalue weighted by Crippen LogP contribution is 2.39. The molecule has 0 radical (unpaired) electrons. The Labute approximate surface area is 159 Å². The lowest BCUT2D eigenvalue weighted by molar-refractivity contribution is 0.310. The fraction of sp³-hybridized carbons (Fsp3) is 0.333. The first-order chi connectivity index (χ1) is 13.1. The highest BCUT2D eigenvalue weighted by molar-refractivity contribution is 6.38. The lowest BCUT2D eigenvalue weighted by Crippen LogP contribution is -2.28. The lowest BCUT2D eigenvalue weighted by atomic mass is 9.92. The zero-order valence-electron chi connectivity index (χ0n) is 14.6. The molecule has 27 heavy (non-hydrogen) atoms. The monoisotopic (exact) mass is 382 g/mol. The van der Waals surface area contributed by atoms with Crippen molar-refractivity contribution in [3.8, 4) is 11.4 Å². The van der Waals surface area contributed by atoms with E-state index in [1.165, 1.54) is 6.33 Å². The van der Waals surface area contributed by atoms with Gasteiger partial charge in [0.1, 0.15) is 23.5 Å². The fourth-order valence-electron chi connectivity index (χ4n) is 3.92. The van der Waals surface area contributed by atoms with Crippen LogP contribution in [0.25, 0.3) is 33.5 Å². The van der Waals surface area contributed by atoms with Gasteiger partial charge in [0.05, 0.1) is 22.1 Å². The molecule has 1 saturated carbocycles. The van der Waals surface area contributed by atoms with Crippen LogP contribution in [0.5, 0.6) is 0 Å². The van der Waals surface area contributed by atoms with E-state index in [9.17, 15) is 0 Å². The van der Waals surface area contributed by atoms with Gasteiger partial charge in [-0.2, -0.15) is 5.10 Å². The second-order valence-electron chi connectivity index (χ2n) is 7.03. The third-order valence-electron chi connectivity index (χ3n) is 5.35. The molecule has 4 heterocycles. The van der Waals surface area contributed by atoms with Gasteiger partial charge in [0.25, 0.3) is 0 Å². The van der Waals surface area contributed by atoms with E-state index in [0.29, 0.717) is 33.3 Å². The number of fused-ring (bicyclic) bond motifs is 2. The number of nitrogens with one attached hydrogen (secondary N) is 1. The number of nitrogens with two attached hydrogens (primary N) is 2. The molecule has 0 atom stereocenters. The molecule has 0 saturated heterocycles. The summed E-state index contributed by atoms with van der Waals surface area (Å²) in [5.41, 5.74) is 15.0. The number of anilines is 1. The Balaban J connectivity index is 1.73. The van der Waals surface area contributed by atoms with Crippen molar-refractivity contribution in [1.82, 2.24) is 29.7 Å². The number of hydrogen-bond acceptors (Lipinski definition) is 6. The quantitative estimate of drug-likeness (QED) is 0.489. The number of rotatable bonds is 2. The Kier molecular flexibility index (Phi) is 3.76. The second kappa shape index (κ2) is 6.17. The highest BCUT2D eigenvalue weighted by atomic mass is 35.5. The van der Waals surface area contributed by atoms with Crippen LogP contribution in [-0.2, 0) is 0 Å². The van der Waals surface area contributed by atoms with Gasteiger partial charge in [-0.05, 0) is 37.8 Å². The number of nitrogen functional groups attached to an aromatic ring is 1. The first-order valence-electron chi connectivity index (χ1n) is 9.00. The maximum Gasteiger partial charge on any atom is 0.164 e. The number of hydrogen-bond donors (Lipinski definition) is 3. The van der Waals surface area contributed by atoms with E-state index in [0.717, 1.165) is 36.7 Å². The maximum absolute atomic E-state index is 6.64. The molecule has 138 valence electrons. The molecule has 0 bridgehead atoms. The van der Waals surface area contributed by atoms with Crippen molar-refractivity contribution in [3.63, 3.8) is 0 Å². The minimum absolute atomic E-state index is 0.233. The Morgan fingerprint density at radius 1 is 1.15 bits per heavy atom. The van der Waals surface area contributed by atoms with Crippen molar-refractivity contribution in [2.45, 2.75) is 37.8 Å². The minimum atomic E-state index is 0.233. The Hall–Kier alpha value is -2.71. The average Bonchev–Trinajstić information content (AvgIpc) is 3.22. The van der Waals surface area contributed by atoms with Gasteiger partial charge in [-0.3, -0.25) is 0 Å². The summed E-state index contributed by atoms with van der Waals surface area (Å²) in [6.07, 6.45) is 7.06. The summed E-state index contributed by atoms with van der Waals surface area (Å²) in [7, 11) is 0. The molecule has 1 aliphatic carbocycles. The van der Waals surface area contributed by atoms with Gasteiger partial charge in [-0.25, -0.2) is 19.6 Å². The molecule has 1 aliphatic rings. The number of pyridine rings is 1. The summed E-state index contributed by atoms with van der Waals surface area (Å²) in [4.78, 5) is 16.3. The van der Waals surface area contributed by atoms with E-state index < -0.39 is 0 Å². The number of aromatic amines is 1. The maximum atomic E-state index is 6.64. The van der Waals surface area contributed by atoms with E-state index in [-0.39, 0.29) is 12.1 Å². The van der Waals surface area contributed by atoms with Gasteiger partial charge in [-0.15, -0.1) is 0 Å². The number of nitrogens with zero attached hydrogens (tertiary/aromatic N) is 5. The molecule has 0 unspecified atom stereocenters.